The van der Waals surface area contributed by atoms with E-state index in [4.69, 9.17) is 4.74 Å². The van der Waals surface area contributed by atoms with Gasteiger partial charge in [0.2, 0.25) is 5.91 Å². The quantitative estimate of drug-likeness (QED) is 0.709. The molecule has 0 spiro atoms. The smallest absolute Gasteiger partial charge is 0.224 e. The molecule has 5 heteroatoms. The summed E-state index contributed by atoms with van der Waals surface area (Å²) in [5.41, 5.74) is 3.74. The van der Waals surface area contributed by atoms with E-state index < -0.39 is 0 Å². The third-order valence-electron chi connectivity index (χ3n) is 4.15. The molecular formula is C20H21N3O2. The predicted octanol–water partition coefficient (Wildman–Crippen LogP) is 4.22. The van der Waals surface area contributed by atoms with E-state index >= 15 is 0 Å². The maximum atomic E-state index is 12.3. The maximum Gasteiger partial charge on any atom is 0.224 e. The highest BCUT2D eigenvalue weighted by Gasteiger charge is 2.13. The number of amides is 1. The lowest BCUT2D eigenvalue weighted by Gasteiger charge is -2.13. The van der Waals surface area contributed by atoms with Gasteiger partial charge in [-0.1, -0.05) is 37.3 Å². The van der Waals surface area contributed by atoms with Gasteiger partial charge in [-0.2, -0.15) is 5.10 Å². The van der Waals surface area contributed by atoms with Crippen molar-refractivity contribution in [2.75, 3.05) is 12.4 Å². The number of benzene rings is 2. The van der Waals surface area contributed by atoms with E-state index in [2.05, 4.69) is 22.4 Å². The molecule has 0 bridgehead atoms. The van der Waals surface area contributed by atoms with Gasteiger partial charge in [0.25, 0.3) is 0 Å². The SMILES string of the molecule is COc1cc(NC(=O)CC(C)c2ccccc2)ccc1-c1cn[nH]c1. The van der Waals surface area contributed by atoms with Crippen LogP contribution in [0.4, 0.5) is 5.69 Å². The summed E-state index contributed by atoms with van der Waals surface area (Å²) in [6, 6.07) is 15.7. The number of methoxy groups -OCH3 is 1. The molecule has 2 aromatic carbocycles. The molecule has 3 rings (SSSR count). The number of nitrogens with zero attached hydrogens (tertiary/aromatic N) is 1. The fourth-order valence-corrected chi connectivity index (χ4v) is 2.80. The number of carbonyl (C=O) groups is 1. The molecule has 1 atom stereocenters. The molecule has 2 N–H and O–H groups in total. The molecule has 1 amide bonds. The summed E-state index contributed by atoms with van der Waals surface area (Å²) in [5, 5.41) is 9.69. The van der Waals surface area contributed by atoms with E-state index in [1.54, 1.807) is 19.5 Å². The Labute approximate surface area is 147 Å². The zero-order valence-electron chi connectivity index (χ0n) is 14.3. The molecule has 0 aliphatic carbocycles. The van der Waals surface area contributed by atoms with E-state index in [0.717, 1.165) is 16.7 Å². The summed E-state index contributed by atoms with van der Waals surface area (Å²) in [4.78, 5) is 12.3. The first-order valence-corrected chi connectivity index (χ1v) is 8.19. The molecule has 1 aromatic heterocycles. The minimum Gasteiger partial charge on any atom is -0.496 e. The van der Waals surface area contributed by atoms with Gasteiger partial charge in [-0.15, -0.1) is 0 Å². The summed E-state index contributed by atoms with van der Waals surface area (Å²) in [6.45, 7) is 2.05. The van der Waals surface area contributed by atoms with E-state index in [-0.39, 0.29) is 11.8 Å². The largest absolute Gasteiger partial charge is 0.496 e. The average molecular weight is 335 g/mol. The summed E-state index contributed by atoms with van der Waals surface area (Å²) in [6.07, 6.45) is 3.96. The van der Waals surface area contributed by atoms with Crippen LogP contribution in [0, 0.1) is 0 Å². The summed E-state index contributed by atoms with van der Waals surface area (Å²) < 4.78 is 5.45. The van der Waals surface area contributed by atoms with Crippen molar-refractivity contribution < 1.29 is 9.53 Å². The third kappa shape index (κ3) is 4.07. The zero-order valence-corrected chi connectivity index (χ0v) is 14.3. The summed E-state index contributed by atoms with van der Waals surface area (Å²) >= 11 is 0. The van der Waals surface area contributed by atoms with Crippen molar-refractivity contribution in [3.8, 4) is 16.9 Å². The van der Waals surface area contributed by atoms with Gasteiger partial charge >= 0.3 is 0 Å². The van der Waals surface area contributed by atoms with Crippen LogP contribution in [-0.2, 0) is 4.79 Å². The Morgan fingerprint density at radius 2 is 2.04 bits per heavy atom. The van der Waals surface area contributed by atoms with Crippen molar-refractivity contribution >= 4 is 11.6 Å². The first-order valence-electron chi connectivity index (χ1n) is 8.19. The second kappa shape index (κ2) is 7.66. The van der Waals surface area contributed by atoms with E-state index in [1.807, 2.05) is 48.5 Å². The average Bonchev–Trinajstić information content (AvgIpc) is 3.16. The lowest BCUT2D eigenvalue weighted by Crippen LogP contribution is -2.14. The Kier molecular flexibility index (Phi) is 5.14. The van der Waals surface area contributed by atoms with Gasteiger partial charge in [0.05, 0.1) is 13.3 Å². The van der Waals surface area contributed by atoms with E-state index in [0.29, 0.717) is 17.9 Å². The van der Waals surface area contributed by atoms with Gasteiger partial charge < -0.3 is 10.1 Å². The number of rotatable bonds is 6. The topological polar surface area (TPSA) is 67.0 Å². The Morgan fingerprint density at radius 3 is 2.72 bits per heavy atom. The fourth-order valence-electron chi connectivity index (χ4n) is 2.80. The number of hydrogen-bond donors (Lipinski definition) is 2. The molecule has 5 nitrogen and oxygen atoms in total. The monoisotopic (exact) mass is 335 g/mol. The second-order valence-corrected chi connectivity index (χ2v) is 5.97. The van der Waals surface area contributed by atoms with Gasteiger partial charge in [0.15, 0.2) is 0 Å². The lowest BCUT2D eigenvalue weighted by atomic mass is 9.97. The molecule has 0 aliphatic heterocycles. The van der Waals surface area contributed by atoms with E-state index in [9.17, 15) is 4.79 Å². The van der Waals surface area contributed by atoms with Crippen molar-refractivity contribution in [1.29, 1.82) is 0 Å². The number of nitrogens with one attached hydrogen (secondary N) is 2. The minimum atomic E-state index is -0.0190. The number of aromatic nitrogens is 2. The van der Waals surface area contributed by atoms with Gasteiger partial charge in [0, 0.05) is 35.5 Å². The van der Waals surface area contributed by atoms with Crippen molar-refractivity contribution in [2.24, 2.45) is 0 Å². The first-order chi connectivity index (χ1) is 12.2. The van der Waals surface area contributed by atoms with Crippen molar-refractivity contribution in [3.05, 3.63) is 66.5 Å². The molecule has 0 fully saturated rings. The molecule has 0 saturated carbocycles. The van der Waals surface area contributed by atoms with Crippen LogP contribution < -0.4 is 10.1 Å². The molecule has 0 aliphatic rings. The number of H-pyrrole nitrogens is 1. The lowest BCUT2D eigenvalue weighted by molar-refractivity contribution is -0.116. The molecular weight excluding hydrogens is 314 g/mol. The van der Waals surface area contributed by atoms with Crippen molar-refractivity contribution in [2.45, 2.75) is 19.3 Å². The van der Waals surface area contributed by atoms with Gasteiger partial charge in [-0.3, -0.25) is 9.89 Å². The number of hydrogen-bond acceptors (Lipinski definition) is 3. The molecule has 1 unspecified atom stereocenters. The Balaban J connectivity index is 1.69. The molecule has 128 valence electrons. The molecule has 0 radical (unpaired) electrons. The third-order valence-corrected chi connectivity index (χ3v) is 4.15. The Bertz CT molecular complexity index is 829. The van der Waals surface area contributed by atoms with Crippen LogP contribution in [0.5, 0.6) is 5.75 Å². The molecule has 0 saturated heterocycles. The number of anilines is 1. The zero-order chi connectivity index (χ0) is 17.6. The second-order valence-electron chi connectivity index (χ2n) is 5.97. The standard InChI is InChI=1S/C20H21N3O2/c1-14(15-6-4-3-5-7-15)10-20(24)23-17-8-9-18(19(11-17)25-2)16-12-21-22-13-16/h3-9,11-14H,10H2,1-2H3,(H,21,22)(H,23,24). The van der Waals surface area contributed by atoms with Crippen LogP contribution in [0.15, 0.2) is 60.9 Å². The molecule has 25 heavy (non-hydrogen) atoms. The highest BCUT2D eigenvalue weighted by atomic mass is 16.5. The normalized spacial score (nSPS) is 11.8. The van der Waals surface area contributed by atoms with E-state index in [1.165, 1.54) is 0 Å². The first kappa shape index (κ1) is 16.8. The minimum absolute atomic E-state index is 0.0190. The predicted molar refractivity (Wildman–Crippen MR) is 98.7 cm³/mol. The van der Waals surface area contributed by atoms with Gasteiger partial charge in [-0.05, 0) is 23.6 Å². The van der Waals surface area contributed by atoms with Crippen LogP contribution in [0.2, 0.25) is 0 Å². The summed E-state index contributed by atoms with van der Waals surface area (Å²) in [7, 11) is 1.61. The summed E-state index contributed by atoms with van der Waals surface area (Å²) in [5.74, 6) is 0.832. The number of ether oxygens (including phenoxy) is 1. The van der Waals surface area contributed by atoms with Crippen LogP contribution in [0.3, 0.4) is 0 Å². The highest BCUT2D eigenvalue weighted by Crippen LogP contribution is 2.32. The Hall–Kier alpha value is -3.08. The Morgan fingerprint density at radius 1 is 1.24 bits per heavy atom. The number of carbonyl (C=O) groups excluding carboxylic acids is 1. The van der Waals surface area contributed by atoms with Crippen molar-refractivity contribution in [1.82, 2.24) is 10.2 Å². The van der Waals surface area contributed by atoms with Crippen molar-refractivity contribution in [3.63, 3.8) is 0 Å². The van der Waals surface area contributed by atoms with Gasteiger partial charge in [0.1, 0.15) is 5.75 Å². The van der Waals surface area contributed by atoms with Crippen LogP contribution >= 0.6 is 0 Å². The van der Waals surface area contributed by atoms with Crippen LogP contribution in [0.25, 0.3) is 11.1 Å². The molecule has 1 heterocycles. The van der Waals surface area contributed by atoms with Crippen LogP contribution in [0.1, 0.15) is 24.8 Å². The highest BCUT2D eigenvalue weighted by molar-refractivity contribution is 5.92. The van der Waals surface area contributed by atoms with Crippen LogP contribution in [-0.4, -0.2) is 23.2 Å². The molecule has 3 aromatic rings. The maximum absolute atomic E-state index is 12.3. The fraction of sp³-hybridized carbons (Fsp3) is 0.200. The number of aromatic amines is 1. The van der Waals surface area contributed by atoms with Gasteiger partial charge in [-0.25, -0.2) is 0 Å².